The van der Waals surface area contributed by atoms with E-state index in [0.29, 0.717) is 18.5 Å². The predicted molar refractivity (Wildman–Crippen MR) is 116 cm³/mol. The van der Waals surface area contributed by atoms with Crippen LogP contribution >= 0.6 is 0 Å². The number of piperidine rings is 1. The van der Waals surface area contributed by atoms with Crippen molar-refractivity contribution in [1.29, 1.82) is 0 Å². The second kappa shape index (κ2) is 7.59. The van der Waals surface area contributed by atoms with Gasteiger partial charge in [-0.05, 0) is 67.6 Å². The molecule has 6 heteroatoms. The minimum absolute atomic E-state index is 0.00314. The summed E-state index contributed by atoms with van der Waals surface area (Å²) in [6, 6.07) is 13.4. The molecule has 162 valence electrons. The van der Waals surface area contributed by atoms with Crippen molar-refractivity contribution in [3.05, 3.63) is 59.2 Å². The number of hydrogen-bond acceptors (Lipinski definition) is 4. The molecule has 2 saturated heterocycles. The number of methoxy groups -OCH3 is 1. The smallest absolute Gasteiger partial charge is 0.254 e. The van der Waals surface area contributed by atoms with Gasteiger partial charge in [0.05, 0.1) is 18.7 Å². The quantitative estimate of drug-likeness (QED) is 0.823. The number of ether oxygens (including phenoxy) is 2. The maximum absolute atomic E-state index is 13.8. The fourth-order valence-corrected chi connectivity index (χ4v) is 5.49. The molecule has 0 saturated carbocycles. The second-order valence-electron chi connectivity index (χ2n) is 8.94. The number of amides is 2. The van der Waals surface area contributed by atoms with Crippen molar-refractivity contribution in [3.63, 3.8) is 0 Å². The van der Waals surface area contributed by atoms with Gasteiger partial charge in [0, 0.05) is 24.9 Å². The zero-order valence-corrected chi connectivity index (χ0v) is 18.0. The monoisotopic (exact) mass is 420 g/mol. The number of hydrogen-bond donors (Lipinski definition) is 1. The molecule has 3 atom stereocenters. The topological polar surface area (TPSA) is 67.9 Å². The van der Waals surface area contributed by atoms with Gasteiger partial charge < -0.3 is 19.7 Å². The van der Waals surface area contributed by atoms with Crippen molar-refractivity contribution in [2.24, 2.45) is 0 Å². The minimum Gasteiger partial charge on any atom is -0.497 e. The lowest BCUT2D eigenvalue weighted by Crippen LogP contribution is -2.58. The van der Waals surface area contributed by atoms with E-state index in [0.717, 1.165) is 48.3 Å². The highest BCUT2D eigenvalue weighted by Crippen LogP contribution is 2.45. The molecule has 2 amide bonds. The first-order chi connectivity index (χ1) is 15.0. The fourth-order valence-electron chi connectivity index (χ4n) is 5.49. The van der Waals surface area contributed by atoms with Gasteiger partial charge in [-0.1, -0.05) is 12.1 Å². The Morgan fingerprint density at radius 1 is 1.19 bits per heavy atom. The highest BCUT2D eigenvalue weighted by molar-refractivity contribution is 5.95. The lowest BCUT2D eigenvalue weighted by atomic mass is 9.76. The van der Waals surface area contributed by atoms with Crippen molar-refractivity contribution >= 4 is 11.8 Å². The SMILES string of the molecule is COc1ccc([C@H]2N(C(=O)c3ccc4c(c3)CC(C)O4)CCC[C@]23CCC(=O)N3)cc1. The van der Waals surface area contributed by atoms with Gasteiger partial charge in [0.2, 0.25) is 5.91 Å². The number of carbonyl (C=O) groups is 2. The number of benzene rings is 2. The molecule has 6 nitrogen and oxygen atoms in total. The van der Waals surface area contributed by atoms with Crippen LogP contribution in [0.1, 0.15) is 60.1 Å². The summed E-state index contributed by atoms with van der Waals surface area (Å²) >= 11 is 0. The van der Waals surface area contributed by atoms with Crippen molar-refractivity contribution in [3.8, 4) is 11.5 Å². The van der Waals surface area contributed by atoms with E-state index < -0.39 is 5.54 Å². The Labute approximate surface area is 182 Å². The van der Waals surface area contributed by atoms with Crippen LogP contribution in [-0.4, -0.2) is 42.0 Å². The zero-order chi connectivity index (χ0) is 21.6. The van der Waals surface area contributed by atoms with Crippen LogP contribution < -0.4 is 14.8 Å². The number of nitrogens with zero attached hydrogens (tertiary/aromatic N) is 1. The Bertz CT molecular complexity index is 1020. The van der Waals surface area contributed by atoms with Crippen LogP contribution in [-0.2, 0) is 11.2 Å². The molecule has 1 N–H and O–H groups in total. The van der Waals surface area contributed by atoms with Gasteiger partial charge in [0.25, 0.3) is 5.91 Å². The molecular formula is C25H28N2O4. The molecule has 3 heterocycles. The van der Waals surface area contributed by atoms with Gasteiger partial charge in [0.1, 0.15) is 17.6 Å². The third-order valence-corrected chi connectivity index (χ3v) is 6.88. The number of rotatable bonds is 3. The Morgan fingerprint density at radius 3 is 2.71 bits per heavy atom. The molecule has 3 aliphatic rings. The zero-order valence-electron chi connectivity index (χ0n) is 18.0. The molecule has 0 bridgehead atoms. The van der Waals surface area contributed by atoms with Crippen LogP contribution in [0.25, 0.3) is 0 Å². The molecule has 3 aliphatic heterocycles. The highest BCUT2D eigenvalue weighted by Gasteiger charge is 2.50. The lowest BCUT2D eigenvalue weighted by Gasteiger charge is -2.48. The molecule has 1 spiro atoms. The maximum Gasteiger partial charge on any atom is 0.254 e. The number of carbonyl (C=O) groups excluding carboxylic acids is 2. The Balaban J connectivity index is 1.53. The summed E-state index contributed by atoms with van der Waals surface area (Å²) < 4.78 is 11.1. The van der Waals surface area contributed by atoms with E-state index in [1.807, 2.05) is 54.3 Å². The first-order valence-corrected chi connectivity index (χ1v) is 11.0. The molecule has 2 aromatic carbocycles. The van der Waals surface area contributed by atoms with Crippen molar-refractivity contribution in [1.82, 2.24) is 10.2 Å². The van der Waals surface area contributed by atoms with Crippen LogP contribution in [0, 0.1) is 0 Å². The number of likely N-dealkylation sites (tertiary alicyclic amines) is 1. The average Bonchev–Trinajstić information content (AvgIpc) is 3.34. The van der Waals surface area contributed by atoms with Crippen LogP contribution in [0.2, 0.25) is 0 Å². The van der Waals surface area contributed by atoms with Crippen molar-refractivity contribution in [2.45, 2.75) is 56.7 Å². The van der Waals surface area contributed by atoms with Gasteiger partial charge in [0.15, 0.2) is 0 Å². The average molecular weight is 421 g/mol. The summed E-state index contributed by atoms with van der Waals surface area (Å²) in [5.41, 5.74) is 2.36. The van der Waals surface area contributed by atoms with E-state index in [9.17, 15) is 9.59 Å². The second-order valence-corrected chi connectivity index (χ2v) is 8.94. The predicted octanol–water partition coefficient (Wildman–Crippen LogP) is 3.64. The van der Waals surface area contributed by atoms with Crippen molar-refractivity contribution in [2.75, 3.05) is 13.7 Å². The van der Waals surface area contributed by atoms with E-state index >= 15 is 0 Å². The van der Waals surface area contributed by atoms with Crippen LogP contribution in [0.5, 0.6) is 11.5 Å². The molecule has 0 aromatic heterocycles. The van der Waals surface area contributed by atoms with E-state index in [2.05, 4.69) is 5.32 Å². The lowest BCUT2D eigenvalue weighted by molar-refractivity contribution is -0.120. The minimum atomic E-state index is -0.423. The summed E-state index contributed by atoms with van der Waals surface area (Å²) in [5, 5.41) is 3.25. The molecule has 1 unspecified atom stereocenters. The van der Waals surface area contributed by atoms with Gasteiger partial charge in [-0.3, -0.25) is 9.59 Å². The van der Waals surface area contributed by atoms with Gasteiger partial charge in [-0.2, -0.15) is 0 Å². The first-order valence-electron chi connectivity index (χ1n) is 11.0. The molecule has 2 fully saturated rings. The van der Waals surface area contributed by atoms with E-state index in [1.54, 1.807) is 7.11 Å². The highest BCUT2D eigenvalue weighted by atomic mass is 16.5. The summed E-state index contributed by atoms with van der Waals surface area (Å²) in [6.45, 7) is 2.70. The molecule has 5 rings (SSSR count). The van der Waals surface area contributed by atoms with Gasteiger partial charge in [-0.25, -0.2) is 0 Å². The molecule has 2 aromatic rings. The first kappa shape index (κ1) is 19.9. The van der Waals surface area contributed by atoms with E-state index in [1.165, 1.54) is 0 Å². The van der Waals surface area contributed by atoms with Crippen LogP contribution in [0.4, 0.5) is 0 Å². The fraction of sp³-hybridized carbons (Fsp3) is 0.440. The summed E-state index contributed by atoms with van der Waals surface area (Å²) in [4.78, 5) is 28.0. The van der Waals surface area contributed by atoms with Gasteiger partial charge >= 0.3 is 0 Å². The third kappa shape index (κ3) is 3.44. The standard InChI is InChI=1S/C25H28N2O4/c1-16-14-19-15-18(6-9-21(19)31-16)24(29)27-13-3-11-25(12-10-22(28)26-25)23(27)17-4-7-20(30-2)8-5-17/h4-9,15-16,23H,3,10-14H2,1-2H3,(H,26,28)/t16?,23-,25+/m1/s1. The third-order valence-electron chi connectivity index (χ3n) is 6.88. The van der Waals surface area contributed by atoms with Gasteiger partial charge in [-0.15, -0.1) is 0 Å². The Kier molecular flexibility index (Phi) is 4.88. The normalized spacial score (nSPS) is 27.0. The summed E-state index contributed by atoms with van der Waals surface area (Å²) in [7, 11) is 1.64. The van der Waals surface area contributed by atoms with Crippen molar-refractivity contribution < 1.29 is 19.1 Å². The molecule has 0 radical (unpaired) electrons. The van der Waals surface area contributed by atoms with Crippen LogP contribution in [0.3, 0.4) is 0 Å². The number of nitrogens with one attached hydrogen (secondary N) is 1. The molecule has 0 aliphatic carbocycles. The maximum atomic E-state index is 13.8. The molecule has 31 heavy (non-hydrogen) atoms. The largest absolute Gasteiger partial charge is 0.497 e. The Hall–Kier alpha value is -3.02. The Morgan fingerprint density at radius 2 is 2.00 bits per heavy atom. The molecular weight excluding hydrogens is 392 g/mol. The van der Waals surface area contributed by atoms with Crippen LogP contribution in [0.15, 0.2) is 42.5 Å². The summed E-state index contributed by atoms with van der Waals surface area (Å²) in [6.07, 6.45) is 3.93. The summed E-state index contributed by atoms with van der Waals surface area (Å²) in [5.74, 6) is 1.71. The van der Waals surface area contributed by atoms with E-state index in [-0.39, 0.29) is 24.0 Å². The van der Waals surface area contributed by atoms with E-state index in [4.69, 9.17) is 9.47 Å². The number of fused-ring (bicyclic) bond motifs is 1.